The molecule has 2 aromatic carbocycles. The van der Waals surface area contributed by atoms with E-state index in [9.17, 15) is 18.0 Å². The molecule has 1 atom stereocenters. The number of ether oxygens (including phenoxy) is 2. The molecule has 8 nitrogen and oxygen atoms in total. The van der Waals surface area contributed by atoms with Crippen LogP contribution in [0.15, 0.2) is 65.6 Å². The van der Waals surface area contributed by atoms with Crippen molar-refractivity contribution in [1.82, 2.24) is 4.31 Å². The number of nitrogens with zero attached hydrogens (tertiary/aromatic N) is 1. The average Bonchev–Trinajstić information content (AvgIpc) is 3.55. The molecule has 190 valence electrons. The normalized spacial score (nSPS) is 15.7. The van der Waals surface area contributed by atoms with Gasteiger partial charge in [0.25, 0.3) is 5.91 Å². The number of anilines is 1. The van der Waals surface area contributed by atoms with Crippen LogP contribution in [0.25, 0.3) is 10.4 Å². The van der Waals surface area contributed by atoms with Gasteiger partial charge in [-0.3, -0.25) is 4.79 Å². The van der Waals surface area contributed by atoms with Gasteiger partial charge in [0.2, 0.25) is 10.0 Å². The Balaban J connectivity index is 1.52. The molecule has 3 aromatic rings. The summed E-state index contributed by atoms with van der Waals surface area (Å²) in [6.07, 6.45) is 1.66. The molecule has 1 N–H and O–H groups in total. The molecular weight excluding hydrogens is 500 g/mol. The third-order valence-corrected chi connectivity index (χ3v) is 8.81. The lowest BCUT2D eigenvalue weighted by molar-refractivity contribution is 0.0533. The second-order valence-electron chi connectivity index (χ2n) is 8.34. The molecule has 1 aliphatic rings. The second-order valence-corrected chi connectivity index (χ2v) is 11.4. The van der Waals surface area contributed by atoms with Crippen molar-refractivity contribution in [2.45, 2.75) is 30.8 Å². The van der Waals surface area contributed by atoms with Crippen LogP contribution < -0.4 is 5.32 Å². The third kappa shape index (κ3) is 5.84. The molecular formula is C26H28N2O6S2. The maximum atomic E-state index is 13.0. The number of amides is 1. The number of carbonyl (C=O) groups excluding carboxylic acids is 2. The van der Waals surface area contributed by atoms with Gasteiger partial charge in [-0.1, -0.05) is 30.3 Å². The first-order valence-corrected chi connectivity index (χ1v) is 13.9. The zero-order chi connectivity index (χ0) is 25.7. The van der Waals surface area contributed by atoms with E-state index in [1.807, 2.05) is 30.3 Å². The highest BCUT2D eigenvalue weighted by atomic mass is 32.2. The molecule has 1 aliphatic heterocycles. The predicted octanol–water partition coefficient (Wildman–Crippen LogP) is 4.64. The number of hydrogen-bond donors (Lipinski definition) is 1. The van der Waals surface area contributed by atoms with Crippen LogP contribution >= 0.6 is 11.3 Å². The molecule has 0 bridgehead atoms. The van der Waals surface area contributed by atoms with Crippen molar-refractivity contribution in [1.29, 1.82) is 0 Å². The Hall–Kier alpha value is -3.05. The number of sulfonamides is 1. The third-order valence-electron chi connectivity index (χ3n) is 5.81. The lowest BCUT2D eigenvalue weighted by atomic mass is 10.2. The highest BCUT2D eigenvalue weighted by Crippen LogP contribution is 2.35. The summed E-state index contributed by atoms with van der Waals surface area (Å²) in [5.74, 6) is -0.981. The molecule has 1 aromatic heterocycles. The zero-order valence-electron chi connectivity index (χ0n) is 20.1. The largest absolute Gasteiger partial charge is 0.462 e. The Morgan fingerprint density at radius 2 is 1.86 bits per heavy atom. The van der Waals surface area contributed by atoms with E-state index >= 15 is 0 Å². The van der Waals surface area contributed by atoms with Crippen LogP contribution in [0.1, 0.15) is 39.8 Å². The number of benzene rings is 2. The molecule has 1 unspecified atom stereocenters. The molecule has 0 radical (unpaired) electrons. The first kappa shape index (κ1) is 26.0. The average molecular weight is 529 g/mol. The zero-order valence-corrected chi connectivity index (χ0v) is 21.7. The molecule has 1 amide bonds. The topological polar surface area (TPSA) is 102 Å². The number of thiophene rings is 1. The summed E-state index contributed by atoms with van der Waals surface area (Å²) < 4.78 is 37.8. The van der Waals surface area contributed by atoms with Gasteiger partial charge in [-0.15, -0.1) is 11.3 Å². The maximum absolute atomic E-state index is 13.0. The fourth-order valence-corrected chi connectivity index (χ4v) is 6.12. The Labute approximate surface area is 214 Å². The second kappa shape index (κ2) is 11.3. The Morgan fingerprint density at radius 1 is 1.14 bits per heavy atom. The van der Waals surface area contributed by atoms with Crippen molar-refractivity contribution in [2.24, 2.45) is 0 Å². The van der Waals surface area contributed by atoms with Gasteiger partial charge in [0.05, 0.1) is 23.3 Å². The van der Waals surface area contributed by atoms with E-state index in [2.05, 4.69) is 5.32 Å². The molecule has 4 rings (SSSR count). The summed E-state index contributed by atoms with van der Waals surface area (Å²) in [4.78, 5) is 26.7. The van der Waals surface area contributed by atoms with Crippen LogP contribution in [0.3, 0.4) is 0 Å². The summed E-state index contributed by atoms with van der Waals surface area (Å²) in [5.41, 5.74) is 1.52. The fourth-order valence-electron chi connectivity index (χ4n) is 3.90. The van der Waals surface area contributed by atoms with E-state index < -0.39 is 21.9 Å². The summed E-state index contributed by atoms with van der Waals surface area (Å²) >= 11 is 1.24. The summed E-state index contributed by atoms with van der Waals surface area (Å²) in [7, 11) is -2.19. The van der Waals surface area contributed by atoms with E-state index in [1.165, 1.54) is 47.0 Å². The Bertz CT molecular complexity index is 1310. The summed E-state index contributed by atoms with van der Waals surface area (Å²) in [5, 5.41) is 2.78. The minimum absolute atomic E-state index is 0.0913. The quantitative estimate of drug-likeness (QED) is 0.406. The fraction of sp³-hybridized carbons (Fsp3) is 0.308. The van der Waals surface area contributed by atoms with Gasteiger partial charge in [0.15, 0.2) is 0 Å². The van der Waals surface area contributed by atoms with E-state index in [1.54, 1.807) is 13.0 Å². The smallest absolute Gasteiger partial charge is 0.350 e. The maximum Gasteiger partial charge on any atom is 0.350 e. The number of carbonyl (C=O) groups is 2. The molecule has 36 heavy (non-hydrogen) atoms. The highest BCUT2D eigenvalue weighted by Gasteiger charge is 2.26. The van der Waals surface area contributed by atoms with Crippen molar-refractivity contribution in [2.75, 3.05) is 32.1 Å². The van der Waals surface area contributed by atoms with Gasteiger partial charge in [-0.2, -0.15) is 4.31 Å². The number of hydrogen-bond acceptors (Lipinski definition) is 7. The SMILES string of the molecule is CCOC(=O)c1sc(-c2ccccc2)cc1NC(=O)c1ccc(S(=O)(=O)N(C)CC2CCCO2)cc1. The lowest BCUT2D eigenvalue weighted by Crippen LogP contribution is -2.34. The monoisotopic (exact) mass is 528 g/mol. The molecule has 10 heteroatoms. The Morgan fingerprint density at radius 3 is 2.50 bits per heavy atom. The number of nitrogens with one attached hydrogen (secondary N) is 1. The summed E-state index contributed by atoms with van der Waals surface area (Å²) in [6, 6.07) is 17.0. The van der Waals surface area contributed by atoms with Gasteiger partial charge >= 0.3 is 5.97 Å². The standard InChI is InChI=1S/C26H28N2O6S2/c1-3-33-26(30)24-22(16-23(35-24)18-8-5-4-6-9-18)27-25(29)19-11-13-21(14-12-19)36(31,32)28(2)17-20-10-7-15-34-20/h4-6,8-9,11-14,16,20H,3,7,10,15,17H2,1-2H3,(H,27,29). The van der Waals surface area contributed by atoms with Gasteiger partial charge < -0.3 is 14.8 Å². The van der Waals surface area contributed by atoms with Crippen LogP contribution in [-0.2, 0) is 19.5 Å². The highest BCUT2D eigenvalue weighted by molar-refractivity contribution is 7.89. The first-order valence-electron chi connectivity index (χ1n) is 11.7. The van der Waals surface area contributed by atoms with Gasteiger partial charge in [-0.05, 0) is 55.7 Å². The van der Waals surface area contributed by atoms with Crippen molar-refractivity contribution in [3.8, 4) is 10.4 Å². The van der Waals surface area contributed by atoms with Gasteiger partial charge in [0.1, 0.15) is 4.88 Å². The van der Waals surface area contributed by atoms with E-state index in [0.29, 0.717) is 17.2 Å². The van der Waals surface area contributed by atoms with Crippen LogP contribution in [0.2, 0.25) is 0 Å². The van der Waals surface area contributed by atoms with Crippen molar-refractivity contribution in [3.05, 3.63) is 71.1 Å². The number of likely N-dealkylation sites (N-methyl/N-ethyl adjacent to an activating group) is 1. The van der Waals surface area contributed by atoms with Crippen LogP contribution in [0.5, 0.6) is 0 Å². The van der Waals surface area contributed by atoms with E-state index in [0.717, 1.165) is 23.3 Å². The first-order chi connectivity index (χ1) is 17.3. The van der Waals surface area contributed by atoms with Crippen molar-refractivity contribution < 1.29 is 27.5 Å². The van der Waals surface area contributed by atoms with Gasteiger partial charge in [-0.25, -0.2) is 13.2 Å². The van der Waals surface area contributed by atoms with Crippen LogP contribution in [-0.4, -0.2) is 57.5 Å². The minimum atomic E-state index is -3.72. The predicted molar refractivity (Wildman–Crippen MR) is 139 cm³/mol. The number of rotatable bonds is 9. The molecule has 2 heterocycles. The number of esters is 1. The lowest BCUT2D eigenvalue weighted by Gasteiger charge is -2.20. The molecule has 0 spiro atoms. The van der Waals surface area contributed by atoms with Crippen LogP contribution in [0.4, 0.5) is 5.69 Å². The van der Waals surface area contributed by atoms with Crippen molar-refractivity contribution >= 4 is 38.9 Å². The summed E-state index contributed by atoms with van der Waals surface area (Å²) in [6.45, 7) is 2.86. The van der Waals surface area contributed by atoms with Crippen molar-refractivity contribution in [3.63, 3.8) is 0 Å². The minimum Gasteiger partial charge on any atom is -0.462 e. The van der Waals surface area contributed by atoms with Crippen LogP contribution in [0, 0.1) is 0 Å². The molecule has 1 fully saturated rings. The Kier molecular flexibility index (Phi) is 8.20. The van der Waals surface area contributed by atoms with E-state index in [-0.39, 0.29) is 29.7 Å². The molecule has 1 saturated heterocycles. The molecule has 0 saturated carbocycles. The van der Waals surface area contributed by atoms with Gasteiger partial charge in [0, 0.05) is 30.6 Å². The van der Waals surface area contributed by atoms with E-state index in [4.69, 9.17) is 9.47 Å². The molecule has 0 aliphatic carbocycles.